The van der Waals surface area contributed by atoms with Gasteiger partial charge >= 0.3 is 0 Å². The Morgan fingerprint density at radius 2 is 2.05 bits per heavy atom. The molecule has 0 spiro atoms. The Morgan fingerprint density at radius 1 is 1.35 bits per heavy atom. The maximum Gasteiger partial charge on any atom is 0.137 e. The van der Waals surface area contributed by atoms with Gasteiger partial charge in [0.15, 0.2) is 0 Å². The monoisotopic (exact) mass is 342 g/mol. The number of nitrogens with zero attached hydrogens (tertiary/aromatic N) is 1. The van der Waals surface area contributed by atoms with Gasteiger partial charge in [-0.1, -0.05) is 26.3 Å². The van der Waals surface area contributed by atoms with Crippen LogP contribution in [0.3, 0.4) is 0 Å². The van der Waals surface area contributed by atoms with E-state index < -0.39 is 0 Å². The average molecular weight is 343 g/mol. The van der Waals surface area contributed by atoms with Crippen molar-refractivity contribution in [1.29, 1.82) is 0 Å². The maximum absolute atomic E-state index is 13.5. The lowest BCUT2D eigenvalue weighted by atomic mass is 9.89. The van der Waals surface area contributed by atoms with Gasteiger partial charge in [-0.15, -0.1) is 0 Å². The number of rotatable bonds is 5. The van der Waals surface area contributed by atoms with Crippen molar-refractivity contribution in [2.24, 2.45) is 5.92 Å². The number of halogens is 2. The van der Waals surface area contributed by atoms with Crippen LogP contribution in [0.1, 0.15) is 38.3 Å². The van der Waals surface area contributed by atoms with E-state index in [1.807, 2.05) is 12.1 Å². The highest BCUT2D eigenvalue weighted by atomic mass is 79.9. The molecule has 1 saturated heterocycles. The minimum absolute atomic E-state index is 0.184. The summed E-state index contributed by atoms with van der Waals surface area (Å²) in [7, 11) is 0. The molecule has 4 heteroatoms. The average Bonchev–Trinajstić information content (AvgIpc) is 2.44. The standard InChI is InChI=1S/C16H24BrFN2/c1-3-4-12(2)16(20-9-7-19-8-10-20)13-5-6-15(18)14(17)11-13/h5-6,11-12,16,19H,3-4,7-10H2,1-2H3/t12?,16-/m1/s1. The first-order valence-electron chi connectivity index (χ1n) is 7.53. The summed E-state index contributed by atoms with van der Waals surface area (Å²) in [6, 6.07) is 5.86. The number of nitrogens with one attached hydrogen (secondary N) is 1. The number of hydrogen-bond acceptors (Lipinski definition) is 2. The molecule has 1 unspecified atom stereocenters. The van der Waals surface area contributed by atoms with Gasteiger partial charge in [-0.25, -0.2) is 4.39 Å². The highest BCUT2D eigenvalue weighted by Gasteiger charge is 2.27. The Kier molecular flexibility index (Phi) is 6.00. The molecule has 0 bridgehead atoms. The highest BCUT2D eigenvalue weighted by Crippen LogP contribution is 2.33. The lowest BCUT2D eigenvalue weighted by Crippen LogP contribution is -2.46. The van der Waals surface area contributed by atoms with Gasteiger partial charge in [-0.05, 0) is 46.0 Å². The van der Waals surface area contributed by atoms with E-state index in [-0.39, 0.29) is 5.82 Å². The van der Waals surface area contributed by atoms with Crippen LogP contribution in [-0.4, -0.2) is 31.1 Å². The van der Waals surface area contributed by atoms with Crippen molar-refractivity contribution < 1.29 is 4.39 Å². The van der Waals surface area contributed by atoms with E-state index >= 15 is 0 Å². The third-order valence-electron chi connectivity index (χ3n) is 4.11. The smallest absolute Gasteiger partial charge is 0.137 e. The lowest BCUT2D eigenvalue weighted by Gasteiger charge is -2.38. The maximum atomic E-state index is 13.5. The molecule has 1 fully saturated rings. The van der Waals surface area contributed by atoms with Gasteiger partial charge in [-0.3, -0.25) is 4.90 Å². The van der Waals surface area contributed by atoms with Crippen molar-refractivity contribution in [3.63, 3.8) is 0 Å². The van der Waals surface area contributed by atoms with Crippen LogP contribution in [0.15, 0.2) is 22.7 Å². The molecule has 1 heterocycles. The summed E-state index contributed by atoms with van der Waals surface area (Å²) in [5.41, 5.74) is 1.22. The van der Waals surface area contributed by atoms with Gasteiger partial charge in [0.2, 0.25) is 0 Å². The molecule has 0 radical (unpaired) electrons. The molecule has 0 aromatic heterocycles. The summed E-state index contributed by atoms with van der Waals surface area (Å²) in [5, 5.41) is 3.40. The molecule has 1 aliphatic rings. The largest absolute Gasteiger partial charge is 0.314 e. The van der Waals surface area contributed by atoms with Gasteiger partial charge in [-0.2, -0.15) is 0 Å². The van der Waals surface area contributed by atoms with Gasteiger partial charge in [0.05, 0.1) is 4.47 Å². The first kappa shape index (κ1) is 15.9. The lowest BCUT2D eigenvalue weighted by molar-refractivity contribution is 0.126. The quantitative estimate of drug-likeness (QED) is 0.870. The predicted molar refractivity (Wildman–Crippen MR) is 85.4 cm³/mol. The van der Waals surface area contributed by atoms with Crippen molar-refractivity contribution in [2.75, 3.05) is 26.2 Å². The van der Waals surface area contributed by atoms with Gasteiger partial charge in [0.25, 0.3) is 0 Å². The first-order valence-corrected chi connectivity index (χ1v) is 8.32. The zero-order valence-electron chi connectivity index (χ0n) is 12.3. The Balaban J connectivity index is 2.26. The summed E-state index contributed by atoms with van der Waals surface area (Å²) in [4.78, 5) is 2.54. The summed E-state index contributed by atoms with van der Waals surface area (Å²) in [6.45, 7) is 8.75. The highest BCUT2D eigenvalue weighted by molar-refractivity contribution is 9.10. The SMILES string of the molecule is CCCC(C)[C@H](c1ccc(F)c(Br)c1)N1CCNCC1. The van der Waals surface area contributed by atoms with Gasteiger partial charge in [0, 0.05) is 32.2 Å². The van der Waals surface area contributed by atoms with Gasteiger partial charge in [0.1, 0.15) is 5.82 Å². The molecule has 1 aromatic rings. The zero-order valence-corrected chi connectivity index (χ0v) is 13.9. The molecule has 2 nitrogen and oxygen atoms in total. The Hall–Kier alpha value is -0.450. The fraction of sp³-hybridized carbons (Fsp3) is 0.625. The zero-order chi connectivity index (χ0) is 14.5. The van der Waals surface area contributed by atoms with Crippen LogP contribution in [0.4, 0.5) is 4.39 Å². The third kappa shape index (κ3) is 3.80. The van der Waals surface area contributed by atoms with Crippen LogP contribution in [0.2, 0.25) is 0 Å². The van der Waals surface area contributed by atoms with Crippen molar-refractivity contribution in [1.82, 2.24) is 10.2 Å². The van der Waals surface area contributed by atoms with Crippen LogP contribution in [0.25, 0.3) is 0 Å². The van der Waals surface area contributed by atoms with Crippen LogP contribution in [-0.2, 0) is 0 Å². The molecule has 1 aliphatic heterocycles. The molecule has 0 amide bonds. The molecule has 2 rings (SSSR count). The van der Waals surface area contributed by atoms with Crippen molar-refractivity contribution in [3.05, 3.63) is 34.1 Å². The van der Waals surface area contributed by atoms with E-state index in [2.05, 4.69) is 40.0 Å². The molecular weight excluding hydrogens is 319 g/mol. The fourth-order valence-corrected chi connectivity index (χ4v) is 3.57. The van der Waals surface area contributed by atoms with E-state index in [0.717, 1.165) is 26.2 Å². The van der Waals surface area contributed by atoms with Crippen molar-refractivity contribution in [2.45, 2.75) is 32.7 Å². The molecule has 2 atom stereocenters. The van der Waals surface area contributed by atoms with Crippen LogP contribution in [0, 0.1) is 11.7 Å². The molecule has 0 saturated carbocycles. The number of hydrogen-bond donors (Lipinski definition) is 1. The van der Waals surface area contributed by atoms with E-state index in [4.69, 9.17) is 0 Å². The molecular formula is C16H24BrFN2. The molecule has 20 heavy (non-hydrogen) atoms. The number of benzene rings is 1. The summed E-state index contributed by atoms with van der Waals surface area (Å²) in [5.74, 6) is 0.395. The second-order valence-electron chi connectivity index (χ2n) is 5.67. The predicted octanol–water partition coefficient (Wildman–Crippen LogP) is 3.97. The molecule has 0 aliphatic carbocycles. The van der Waals surface area contributed by atoms with Gasteiger partial charge < -0.3 is 5.32 Å². The summed E-state index contributed by atoms with van der Waals surface area (Å²) >= 11 is 3.32. The third-order valence-corrected chi connectivity index (χ3v) is 4.72. The minimum Gasteiger partial charge on any atom is -0.314 e. The topological polar surface area (TPSA) is 15.3 Å². The minimum atomic E-state index is -0.184. The number of piperazine rings is 1. The van der Waals surface area contributed by atoms with Crippen molar-refractivity contribution >= 4 is 15.9 Å². The molecule has 1 aromatic carbocycles. The Morgan fingerprint density at radius 3 is 2.65 bits per heavy atom. The van der Waals surface area contributed by atoms with E-state index in [1.165, 1.54) is 18.4 Å². The van der Waals surface area contributed by atoms with E-state index in [1.54, 1.807) is 6.07 Å². The van der Waals surface area contributed by atoms with Crippen LogP contribution >= 0.6 is 15.9 Å². The second kappa shape index (κ2) is 7.53. The summed E-state index contributed by atoms with van der Waals surface area (Å²) in [6.07, 6.45) is 2.38. The molecule has 112 valence electrons. The van der Waals surface area contributed by atoms with E-state index in [9.17, 15) is 4.39 Å². The van der Waals surface area contributed by atoms with Crippen molar-refractivity contribution in [3.8, 4) is 0 Å². The fourth-order valence-electron chi connectivity index (χ4n) is 3.17. The van der Waals surface area contributed by atoms with Crippen LogP contribution < -0.4 is 5.32 Å². The van der Waals surface area contributed by atoms with E-state index in [0.29, 0.717) is 16.4 Å². The first-order chi connectivity index (χ1) is 9.63. The summed E-state index contributed by atoms with van der Waals surface area (Å²) < 4.78 is 14.1. The Bertz CT molecular complexity index is 432. The normalized spacial score (nSPS) is 19.8. The second-order valence-corrected chi connectivity index (χ2v) is 6.52. The molecule has 1 N–H and O–H groups in total. The Labute approximate surface area is 129 Å². The van der Waals surface area contributed by atoms with Crippen LogP contribution in [0.5, 0.6) is 0 Å².